The highest BCUT2D eigenvalue weighted by molar-refractivity contribution is 7.91. The molecule has 0 bridgehead atoms. The molecule has 70 valence electrons. The fraction of sp³-hybridized carbons (Fsp3) is 0.875. The van der Waals surface area contributed by atoms with Gasteiger partial charge in [-0.15, -0.1) is 0 Å². The van der Waals surface area contributed by atoms with Gasteiger partial charge >= 0.3 is 0 Å². The minimum Gasteiger partial charge on any atom is -0.591 e. The van der Waals surface area contributed by atoms with Gasteiger partial charge in [-0.2, -0.15) is 0 Å². The fourth-order valence-corrected chi connectivity index (χ4v) is 1.24. The molecule has 0 radical (unpaired) electrons. The molecule has 0 saturated carbocycles. The van der Waals surface area contributed by atoms with Gasteiger partial charge in [0.05, 0.1) is 19.4 Å². The Balaban J connectivity index is 2.33. The van der Waals surface area contributed by atoms with E-state index in [0.717, 1.165) is 13.2 Å². The number of rotatable bonds is 2. The van der Waals surface area contributed by atoms with Crippen molar-refractivity contribution >= 4 is 17.6 Å². The van der Waals surface area contributed by atoms with E-state index in [9.17, 15) is 4.55 Å². The van der Waals surface area contributed by atoms with Crippen molar-refractivity contribution in [2.45, 2.75) is 25.5 Å². The van der Waals surface area contributed by atoms with Gasteiger partial charge in [-0.1, -0.05) is 4.40 Å². The SMILES string of the molecule is CC(C)(C)[S+]([O-])/N=C/C1COC1. The molecule has 1 heterocycles. The predicted molar refractivity (Wildman–Crippen MR) is 50.7 cm³/mol. The summed E-state index contributed by atoms with van der Waals surface area (Å²) in [5, 5.41) is 0. The van der Waals surface area contributed by atoms with Crippen LogP contribution < -0.4 is 0 Å². The maximum absolute atomic E-state index is 11.4. The third-order valence-corrected chi connectivity index (χ3v) is 2.92. The molecule has 1 rings (SSSR count). The number of nitrogens with zero attached hydrogens (tertiary/aromatic N) is 1. The van der Waals surface area contributed by atoms with E-state index in [1.54, 1.807) is 6.21 Å². The van der Waals surface area contributed by atoms with Crippen molar-refractivity contribution in [2.75, 3.05) is 13.2 Å². The van der Waals surface area contributed by atoms with Crippen molar-refractivity contribution in [1.82, 2.24) is 0 Å². The van der Waals surface area contributed by atoms with Crippen LogP contribution in [-0.2, 0) is 16.1 Å². The van der Waals surface area contributed by atoms with Crippen LogP contribution in [0.15, 0.2) is 4.40 Å². The van der Waals surface area contributed by atoms with Crippen molar-refractivity contribution < 1.29 is 9.29 Å². The molecule has 1 aliphatic heterocycles. The van der Waals surface area contributed by atoms with E-state index in [4.69, 9.17) is 4.74 Å². The van der Waals surface area contributed by atoms with Gasteiger partial charge in [0, 0.05) is 5.92 Å². The highest BCUT2D eigenvalue weighted by atomic mass is 32.2. The van der Waals surface area contributed by atoms with E-state index in [2.05, 4.69) is 4.40 Å². The van der Waals surface area contributed by atoms with Crippen LogP contribution >= 0.6 is 0 Å². The molecule has 12 heavy (non-hydrogen) atoms. The first-order valence-electron chi connectivity index (χ1n) is 4.04. The van der Waals surface area contributed by atoms with Crippen molar-refractivity contribution in [3.8, 4) is 0 Å². The van der Waals surface area contributed by atoms with Crippen molar-refractivity contribution in [2.24, 2.45) is 10.3 Å². The Morgan fingerprint density at radius 2 is 2.08 bits per heavy atom. The summed E-state index contributed by atoms with van der Waals surface area (Å²) in [6.07, 6.45) is 1.75. The summed E-state index contributed by atoms with van der Waals surface area (Å²) in [6, 6.07) is 0. The van der Waals surface area contributed by atoms with Gasteiger partial charge in [0.25, 0.3) is 0 Å². The van der Waals surface area contributed by atoms with Crippen LogP contribution in [0.1, 0.15) is 20.8 Å². The summed E-state index contributed by atoms with van der Waals surface area (Å²) in [6.45, 7) is 7.20. The van der Waals surface area contributed by atoms with E-state index in [1.165, 1.54) is 0 Å². The fourth-order valence-electron chi connectivity index (χ4n) is 0.639. The molecule has 0 aliphatic carbocycles. The van der Waals surface area contributed by atoms with Crippen LogP contribution in [0.5, 0.6) is 0 Å². The van der Waals surface area contributed by atoms with Crippen LogP contribution in [0.2, 0.25) is 0 Å². The summed E-state index contributed by atoms with van der Waals surface area (Å²) >= 11 is -1.11. The Morgan fingerprint density at radius 3 is 2.42 bits per heavy atom. The van der Waals surface area contributed by atoms with Gasteiger partial charge in [0.1, 0.15) is 16.1 Å². The Morgan fingerprint density at radius 1 is 1.50 bits per heavy atom. The van der Waals surface area contributed by atoms with E-state index in [0.29, 0.717) is 5.92 Å². The van der Waals surface area contributed by atoms with Gasteiger partial charge in [0.2, 0.25) is 0 Å². The minimum absolute atomic E-state index is 0.249. The standard InChI is InChI=1S/C8H15NO2S/c1-8(2,3)12(10)9-4-7-5-11-6-7/h4,7H,5-6H2,1-3H3/b9-4+. The summed E-state index contributed by atoms with van der Waals surface area (Å²) in [5.74, 6) is 0.385. The van der Waals surface area contributed by atoms with Gasteiger partial charge in [-0.3, -0.25) is 0 Å². The zero-order valence-electron chi connectivity index (χ0n) is 7.74. The largest absolute Gasteiger partial charge is 0.591 e. The number of hydrogen-bond donors (Lipinski definition) is 0. The first kappa shape index (κ1) is 10.0. The molecule has 0 amide bonds. The third kappa shape index (κ3) is 2.77. The quantitative estimate of drug-likeness (QED) is 0.483. The highest BCUT2D eigenvalue weighted by Crippen LogP contribution is 2.17. The summed E-state index contributed by atoms with van der Waals surface area (Å²) < 4.78 is 20.1. The maximum Gasteiger partial charge on any atom is 0.144 e. The second kappa shape index (κ2) is 3.77. The van der Waals surface area contributed by atoms with Crippen molar-refractivity contribution in [1.29, 1.82) is 0 Å². The average Bonchev–Trinajstić information content (AvgIpc) is 1.81. The average molecular weight is 189 g/mol. The lowest BCUT2D eigenvalue weighted by molar-refractivity contribution is 0.00420. The topological polar surface area (TPSA) is 44.7 Å². The lowest BCUT2D eigenvalue weighted by atomic mass is 10.1. The molecule has 3 nitrogen and oxygen atoms in total. The van der Waals surface area contributed by atoms with Gasteiger partial charge < -0.3 is 9.29 Å². The normalized spacial score (nSPS) is 22.7. The Bertz CT molecular complexity index is 172. The van der Waals surface area contributed by atoms with Crippen molar-refractivity contribution in [3.63, 3.8) is 0 Å². The second-order valence-corrected chi connectivity index (χ2v) is 5.85. The molecule has 0 aromatic rings. The van der Waals surface area contributed by atoms with E-state index in [-0.39, 0.29) is 4.75 Å². The predicted octanol–water partition coefficient (Wildman–Crippen LogP) is 1.17. The van der Waals surface area contributed by atoms with E-state index in [1.807, 2.05) is 20.8 Å². The molecule has 4 heteroatoms. The molecule has 0 spiro atoms. The van der Waals surface area contributed by atoms with Gasteiger partial charge in [0.15, 0.2) is 0 Å². The molecule has 1 fully saturated rings. The minimum atomic E-state index is -1.11. The number of ether oxygens (including phenoxy) is 1. The summed E-state index contributed by atoms with van der Waals surface area (Å²) in [5.41, 5.74) is 0. The molecule has 0 aromatic heterocycles. The molecule has 1 unspecified atom stereocenters. The summed E-state index contributed by atoms with van der Waals surface area (Å²) in [4.78, 5) is 0. The molecule has 1 aliphatic rings. The van der Waals surface area contributed by atoms with Crippen LogP contribution in [-0.4, -0.2) is 28.7 Å². The smallest absolute Gasteiger partial charge is 0.144 e. The van der Waals surface area contributed by atoms with Crippen molar-refractivity contribution in [3.05, 3.63) is 0 Å². The second-order valence-electron chi connectivity index (χ2n) is 3.91. The highest BCUT2D eigenvalue weighted by Gasteiger charge is 2.27. The molecular formula is C8H15NO2S. The Labute approximate surface area is 76.5 Å². The first-order chi connectivity index (χ1) is 5.50. The zero-order chi connectivity index (χ0) is 9.19. The van der Waals surface area contributed by atoms with E-state index >= 15 is 0 Å². The molecule has 1 saturated heterocycles. The number of hydrogen-bond acceptors (Lipinski definition) is 3. The molecule has 1 atom stereocenters. The lowest BCUT2D eigenvalue weighted by Gasteiger charge is -2.23. The van der Waals surface area contributed by atoms with Gasteiger partial charge in [-0.05, 0) is 20.8 Å². The van der Waals surface area contributed by atoms with Crippen LogP contribution in [0, 0.1) is 5.92 Å². The van der Waals surface area contributed by atoms with Crippen LogP contribution in [0.3, 0.4) is 0 Å². The first-order valence-corrected chi connectivity index (χ1v) is 5.15. The third-order valence-electron chi connectivity index (χ3n) is 1.56. The van der Waals surface area contributed by atoms with Crippen LogP contribution in [0.25, 0.3) is 0 Å². The summed E-state index contributed by atoms with van der Waals surface area (Å²) in [7, 11) is 0. The molecular weight excluding hydrogens is 174 g/mol. The molecule has 0 aromatic carbocycles. The van der Waals surface area contributed by atoms with Gasteiger partial charge in [-0.25, -0.2) is 0 Å². The maximum atomic E-state index is 11.4. The zero-order valence-corrected chi connectivity index (χ0v) is 8.56. The Kier molecular flexibility index (Phi) is 3.15. The lowest BCUT2D eigenvalue weighted by Crippen LogP contribution is -2.31. The monoisotopic (exact) mass is 189 g/mol. The Hall–Kier alpha value is -0.0600. The molecule has 0 N–H and O–H groups in total. The van der Waals surface area contributed by atoms with Crippen LogP contribution in [0.4, 0.5) is 0 Å². The van der Waals surface area contributed by atoms with E-state index < -0.39 is 11.4 Å².